The van der Waals surface area contributed by atoms with Crippen LogP contribution in [0.1, 0.15) is 36.1 Å². The molecule has 1 heterocycles. The summed E-state index contributed by atoms with van der Waals surface area (Å²) in [5.41, 5.74) is 2.14. The Balaban J connectivity index is 1.36. The first kappa shape index (κ1) is 31.1. The lowest BCUT2D eigenvalue weighted by Gasteiger charge is -2.48. The Morgan fingerprint density at radius 1 is 0.953 bits per heavy atom. The number of carbonyl (C=O) groups is 4. The maximum Gasteiger partial charge on any atom is 0.328 e. The molecular weight excluding hydrogens is 561 g/mol. The Morgan fingerprint density at radius 3 is 2.26 bits per heavy atom. The van der Waals surface area contributed by atoms with Crippen LogP contribution in [0.25, 0.3) is 0 Å². The molecule has 43 heavy (non-hydrogen) atoms. The topological polar surface area (TPSA) is 165 Å². The van der Waals surface area contributed by atoms with E-state index in [0.29, 0.717) is 24.2 Å². The molecule has 12 heteroatoms. The number of hydrogen-bond acceptors (Lipinski definition) is 7. The van der Waals surface area contributed by atoms with Gasteiger partial charge < -0.3 is 35.6 Å². The average Bonchev–Trinajstić information content (AvgIpc) is 3.01. The fourth-order valence-corrected chi connectivity index (χ4v) is 4.85. The van der Waals surface area contributed by atoms with Crippen LogP contribution in [-0.2, 0) is 19.2 Å². The van der Waals surface area contributed by atoms with Crippen LogP contribution in [0.4, 0.5) is 10.1 Å². The van der Waals surface area contributed by atoms with E-state index in [9.17, 15) is 28.7 Å². The van der Waals surface area contributed by atoms with Crippen LogP contribution in [0.2, 0.25) is 0 Å². The number of hydrogen-bond donors (Lipinski definition) is 5. The van der Waals surface area contributed by atoms with Gasteiger partial charge in [-0.05, 0) is 60.4 Å². The fourth-order valence-electron chi connectivity index (χ4n) is 4.85. The average molecular weight is 594 g/mol. The van der Waals surface area contributed by atoms with Gasteiger partial charge in [0.25, 0.3) is 5.91 Å². The van der Waals surface area contributed by atoms with Gasteiger partial charge in [-0.25, -0.2) is 9.18 Å². The van der Waals surface area contributed by atoms with Crippen LogP contribution in [0.3, 0.4) is 0 Å². The summed E-state index contributed by atoms with van der Waals surface area (Å²) in [6, 6.07) is 20.0. The third kappa shape index (κ3) is 7.93. The van der Waals surface area contributed by atoms with E-state index < -0.39 is 61.4 Å². The van der Waals surface area contributed by atoms with E-state index in [0.717, 1.165) is 11.3 Å². The molecule has 0 aromatic heterocycles. The summed E-state index contributed by atoms with van der Waals surface area (Å²) in [5, 5.41) is 32.8. The normalized spacial score (nSPS) is 17.4. The minimum Gasteiger partial charge on any atom is -0.484 e. The predicted molar refractivity (Wildman–Crippen MR) is 152 cm³/mol. The van der Waals surface area contributed by atoms with Gasteiger partial charge in [-0.3, -0.25) is 14.4 Å². The number of nitrogens with zero attached hydrogens (tertiary/aromatic N) is 1. The van der Waals surface area contributed by atoms with Gasteiger partial charge in [-0.1, -0.05) is 42.5 Å². The fraction of sp³-hybridized carbons (Fsp3) is 0.290. The summed E-state index contributed by atoms with van der Waals surface area (Å²) in [6.45, 7) is -1.69. The Labute approximate surface area is 246 Å². The summed E-state index contributed by atoms with van der Waals surface area (Å²) in [5.74, 6) is -3.29. The number of amides is 3. The molecule has 3 amide bonds. The third-order valence-corrected chi connectivity index (χ3v) is 7.11. The first-order valence-electron chi connectivity index (χ1n) is 13.6. The van der Waals surface area contributed by atoms with Crippen LogP contribution < -0.4 is 20.3 Å². The highest BCUT2D eigenvalue weighted by Gasteiger charge is 2.48. The molecule has 0 bridgehead atoms. The molecule has 3 aromatic rings. The number of anilines is 1. The second-order valence-corrected chi connectivity index (χ2v) is 10.0. The van der Waals surface area contributed by atoms with Gasteiger partial charge in [-0.15, -0.1) is 0 Å². The SMILES string of the molecule is O=C(COc1ccc(C2C(CCC(O)c3ccc(F)cc3)C(=O)N2c2ccccc2)cc1)NCC(=O)NC(CO)C(=O)O. The van der Waals surface area contributed by atoms with Gasteiger partial charge in [0.1, 0.15) is 17.6 Å². The van der Waals surface area contributed by atoms with Crippen LogP contribution in [0.5, 0.6) is 5.75 Å². The number of nitrogens with one attached hydrogen (secondary N) is 2. The number of β-lactam (4-membered cyclic amide) rings is 1. The number of carboxylic acids is 1. The van der Waals surface area contributed by atoms with Crippen molar-refractivity contribution in [2.24, 2.45) is 5.92 Å². The molecular formula is C31H32FN3O8. The van der Waals surface area contributed by atoms with Crippen molar-refractivity contribution >= 4 is 29.4 Å². The van der Waals surface area contributed by atoms with Gasteiger partial charge in [0.05, 0.1) is 31.2 Å². The zero-order valence-corrected chi connectivity index (χ0v) is 23.1. The molecule has 1 aliphatic heterocycles. The third-order valence-electron chi connectivity index (χ3n) is 7.11. The highest BCUT2D eigenvalue weighted by Crippen LogP contribution is 2.46. The van der Waals surface area contributed by atoms with Crippen molar-refractivity contribution in [2.75, 3.05) is 24.7 Å². The highest BCUT2D eigenvalue weighted by atomic mass is 19.1. The lowest BCUT2D eigenvalue weighted by atomic mass is 9.78. The number of rotatable bonds is 14. The predicted octanol–water partition coefficient (Wildman–Crippen LogP) is 2.10. The molecule has 5 N–H and O–H groups in total. The number of ether oxygens (including phenoxy) is 1. The molecule has 226 valence electrons. The number of aliphatic hydroxyl groups excluding tert-OH is 2. The van der Waals surface area contributed by atoms with Crippen molar-refractivity contribution in [3.63, 3.8) is 0 Å². The largest absolute Gasteiger partial charge is 0.484 e. The smallest absolute Gasteiger partial charge is 0.328 e. The number of aliphatic carboxylic acids is 1. The first-order chi connectivity index (χ1) is 20.7. The molecule has 0 spiro atoms. The minimum atomic E-state index is -1.47. The zero-order valence-electron chi connectivity index (χ0n) is 23.1. The molecule has 0 aliphatic carbocycles. The maximum absolute atomic E-state index is 13.3. The van der Waals surface area contributed by atoms with E-state index in [1.165, 1.54) is 24.3 Å². The van der Waals surface area contributed by atoms with E-state index in [2.05, 4.69) is 10.6 Å². The van der Waals surface area contributed by atoms with Crippen molar-refractivity contribution in [1.82, 2.24) is 10.6 Å². The van der Waals surface area contributed by atoms with Crippen LogP contribution in [0.15, 0.2) is 78.9 Å². The summed E-state index contributed by atoms with van der Waals surface area (Å²) in [4.78, 5) is 49.7. The van der Waals surface area contributed by atoms with Gasteiger partial charge in [0, 0.05) is 5.69 Å². The van der Waals surface area contributed by atoms with E-state index in [1.54, 1.807) is 29.2 Å². The van der Waals surface area contributed by atoms with Crippen molar-refractivity contribution in [3.8, 4) is 5.75 Å². The van der Waals surface area contributed by atoms with Crippen molar-refractivity contribution in [1.29, 1.82) is 0 Å². The minimum absolute atomic E-state index is 0.0720. The van der Waals surface area contributed by atoms with Crippen LogP contribution in [-0.4, -0.2) is 64.8 Å². The molecule has 0 saturated carbocycles. The summed E-state index contributed by atoms with van der Waals surface area (Å²) in [7, 11) is 0. The monoisotopic (exact) mass is 593 g/mol. The van der Waals surface area contributed by atoms with E-state index in [4.69, 9.17) is 14.9 Å². The standard InChI is InChI=1S/C31H32FN3O8/c32-21-10-6-19(7-11-21)26(37)15-14-24-29(35(30(24)40)22-4-2-1-3-5-22)20-8-12-23(13-9-20)43-18-28(39)33-16-27(38)34-25(17-36)31(41)42/h1-13,24-26,29,36-37H,14-18H2,(H,33,39)(H,34,38)(H,41,42). The zero-order chi connectivity index (χ0) is 30.9. The number of para-hydroxylation sites is 1. The molecule has 1 aliphatic rings. The molecule has 4 unspecified atom stereocenters. The molecule has 1 fully saturated rings. The van der Waals surface area contributed by atoms with Gasteiger partial charge in [-0.2, -0.15) is 0 Å². The van der Waals surface area contributed by atoms with Gasteiger partial charge in [0.2, 0.25) is 11.8 Å². The quantitative estimate of drug-likeness (QED) is 0.177. The molecule has 3 aromatic carbocycles. The number of carbonyl (C=O) groups excluding carboxylic acids is 3. The maximum atomic E-state index is 13.3. The van der Waals surface area contributed by atoms with E-state index in [1.807, 2.05) is 30.3 Å². The van der Waals surface area contributed by atoms with Gasteiger partial charge in [0.15, 0.2) is 6.61 Å². The van der Waals surface area contributed by atoms with Crippen molar-refractivity contribution in [3.05, 3.63) is 95.8 Å². The lowest BCUT2D eigenvalue weighted by molar-refractivity contribution is -0.142. The Morgan fingerprint density at radius 2 is 1.63 bits per heavy atom. The van der Waals surface area contributed by atoms with E-state index >= 15 is 0 Å². The highest BCUT2D eigenvalue weighted by molar-refractivity contribution is 6.03. The van der Waals surface area contributed by atoms with Crippen molar-refractivity contribution < 1.29 is 43.6 Å². The Bertz CT molecular complexity index is 1420. The summed E-state index contributed by atoms with van der Waals surface area (Å²) >= 11 is 0. The second-order valence-electron chi connectivity index (χ2n) is 10.0. The molecule has 4 rings (SSSR count). The summed E-state index contributed by atoms with van der Waals surface area (Å²) in [6.07, 6.45) is -0.129. The summed E-state index contributed by atoms with van der Waals surface area (Å²) < 4.78 is 18.8. The molecule has 11 nitrogen and oxygen atoms in total. The van der Waals surface area contributed by atoms with Crippen LogP contribution >= 0.6 is 0 Å². The first-order valence-corrected chi connectivity index (χ1v) is 13.6. The Kier molecular flexibility index (Phi) is 10.4. The number of aliphatic hydroxyl groups is 2. The van der Waals surface area contributed by atoms with Crippen molar-refractivity contribution in [2.45, 2.75) is 31.0 Å². The Hall–Kier alpha value is -4.81. The van der Waals surface area contributed by atoms with E-state index in [-0.39, 0.29) is 11.9 Å². The number of carboxylic acid groups (broad SMARTS) is 1. The molecule has 0 radical (unpaired) electrons. The second kappa shape index (κ2) is 14.4. The number of benzene rings is 3. The molecule has 1 saturated heterocycles. The number of halogens is 1. The lowest BCUT2D eigenvalue weighted by Crippen LogP contribution is -2.55. The molecule has 4 atom stereocenters. The van der Waals surface area contributed by atoms with Gasteiger partial charge >= 0.3 is 5.97 Å². The van der Waals surface area contributed by atoms with Crippen LogP contribution in [0, 0.1) is 11.7 Å².